The molecule has 31 heavy (non-hydrogen) atoms. The maximum Gasteiger partial charge on any atom is 0.283 e. The van der Waals surface area contributed by atoms with Crippen molar-refractivity contribution in [3.63, 3.8) is 0 Å². The number of carbonyl (C=O) groups excluding carboxylic acids is 1. The van der Waals surface area contributed by atoms with E-state index in [-0.39, 0.29) is 17.1 Å². The number of para-hydroxylation sites is 1. The van der Waals surface area contributed by atoms with Gasteiger partial charge in [0.15, 0.2) is 10.9 Å². The van der Waals surface area contributed by atoms with Gasteiger partial charge < -0.3 is 4.98 Å². The lowest BCUT2D eigenvalue weighted by molar-refractivity contribution is 0.102. The number of benzene rings is 3. The molecule has 0 aliphatic rings. The van der Waals surface area contributed by atoms with E-state index in [1.165, 1.54) is 11.8 Å². The number of ketones is 1. The molecule has 0 amide bonds. The van der Waals surface area contributed by atoms with Gasteiger partial charge >= 0.3 is 0 Å². The third-order valence-electron chi connectivity index (χ3n) is 5.21. The van der Waals surface area contributed by atoms with Crippen LogP contribution in [0.15, 0.2) is 88.8 Å². The van der Waals surface area contributed by atoms with Crippen LogP contribution in [0.4, 0.5) is 0 Å². The number of aromatic nitrogens is 3. The number of Topliss-reactive ketones (excluding diaryl/α,β-unsaturated/α-hetero) is 1. The van der Waals surface area contributed by atoms with Crippen molar-refractivity contribution < 1.29 is 4.79 Å². The second kappa shape index (κ2) is 7.89. The monoisotopic (exact) mass is 425 g/mol. The molecule has 3 aromatic carbocycles. The topological polar surface area (TPSA) is 67.8 Å². The minimum absolute atomic E-state index is 0.00525. The zero-order valence-electron chi connectivity index (χ0n) is 16.8. The quantitative estimate of drug-likeness (QED) is 0.240. The van der Waals surface area contributed by atoms with Crippen LogP contribution >= 0.6 is 11.8 Å². The number of H-pyrrole nitrogens is 1. The van der Waals surface area contributed by atoms with E-state index in [9.17, 15) is 9.59 Å². The van der Waals surface area contributed by atoms with Gasteiger partial charge in [0.25, 0.3) is 5.56 Å². The van der Waals surface area contributed by atoms with Crippen molar-refractivity contribution in [3.8, 4) is 5.69 Å². The highest BCUT2D eigenvalue weighted by Crippen LogP contribution is 2.26. The summed E-state index contributed by atoms with van der Waals surface area (Å²) in [6.07, 6.45) is 0. The summed E-state index contributed by atoms with van der Waals surface area (Å²) in [5, 5.41) is 1.39. The van der Waals surface area contributed by atoms with Crippen LogP contribution in [-0.2, 0) is 0 Å². The van der Waals surface area contributed by atoms with Crippen molar-refractivity contribution in [2.45, 2.75) is 12.1 Å². The lowest BCUT2D eigenvalue weighted by atomic mass is 10.2. The molecule has 6 heteroatoms. The number of thioether (sulfide) groups is 1. The molecule has 0 bridgehead atoms. The molecule has 2 aromatic heterocycles. The van der Waals surface area contributed by atoms with Crippen molar-refractivity contribution in [3.05, 3.63) is 100 Å². The molecule has 5 aromatic rings. The third-order valence-corrected chi connectivity index (χ3v) is 6.15. The number of aromatic amines is 1. The molecule has 0 spiro atoms. The fourth-order valence-electron chi connectivity index (χ4n) is 3.60. The van der Waals surface area contributed by atoms with E-state index in [4.69, 9.17) is 4.98 Å². The summed E-state index contributed by atoms with van der Waals surface area (Å²) in [5.74, 6) is 0.185. The summed E-state index contributed by atoms with van der Waals surface area (Å²) in [7, 11) is 0. The van der Waals surface area contributed by atoms with E-state index < -0.39 is 0 Å². The normalized spacial score (nSPS) is 11.3. The molecule has 0 aliphatic carbocycles. The molecular weight excluding hydrogens is 406 g/mol. The lowest BCUT2D eigenvalue weighted by Crippen LogP contribution is -2.22. The standard InChI is InChI=1S/C25H19N3O2S/c1-16-11-13-18(14-12-16)28-24(30)23-22(19-9-5-6-10-20(19)26-23)27-25(28)31-15-21(29)17-7-3-2-4-8-17/h2-14,26H,15H2,1H3. The Morgan fingerprint density at radius 3 is 2.45 bits per heavy atom. The summed E-state index contributed by atoms with van der Waals surface area (Å²) >= 11 is 1.28. The van der Waals surface area contributed by atoms with Gasteiger partial charge in [-0.1, -0.05) is 78.0 Å². The molecule has 0 radical (unpaired) electrons. The number of fused-ring (bicyclic) bond motifs is 3. The largest absolute Gasteiger partial charge is 0.349 e. The molecule has 1 N–H and O–H groups in total. The van der Waals surface area contributed by atoms with E-state index >= 15 is 0 Å². The molecule has 0 aliphatic heterocycles. The Hall–Kier alpha value is -3.64. The smallest absolute Gasteiger partial charge is 0.283 e. The van der Waals surface area contributed by atoms with Gasteiger partial charge in [-0.05, 0) is 25.1 Å². The van der Waals surface area contributed by atoms with Crippen molar-refractivity contribution in [1.29, 1.82) is 0 Å². The predicted molar refractivity (Wildman–Crippen MR) is 125 cm³/mol. The van der Waals surface area contributed by atoms with Crippen molar-refractivity contribution >= 4 is 39.5 Å². The molecule has 0 saturated heterocycles. The predicted octanol–water partition coefficient (Wildman–Crippen LogP) is 5.15. The summed E-state index contributed by atoms with van der Waals surface area (Å²) < 4.78 is 1.58. The number of carbonyl (C=O) groups is 1. The summed E-state index contributed by atoms with van der Waals surface area (Å²) in [6.45, 7) is 2.00. The average Bonchev–Trinajstić information content (AvgIpc) is 3.18. The average molecular weight is 426 g/mol. The number of rotatable bonds is 5. The molecule has 0 fully saturated rings. The van der Waals surface area contributed by atoms with Crippen LogP contribution in [0.3, 0.4) is 0 Å². The number of hydrogen-bond donors (Lipinski definition) is 1. The first-order chi connectivity index (χ1) is 15.1. The Kier molecular flexibility index (Phi) is 4.92. The molecule has 0 saturated carbocycles. The Labute approximate surface area is 182 Å². The zero-order valence-corrected chi connectivity index (χ0v) is 17.6. The Morgan fingerprint density at radius 2 is 1.68 bits per heavy atom. The van der Waals surface area contributed by atoms with Gasteiger partial charge in [-0.3, -0.25) is 14.2 Å². The Morgan fingerprint density at radius 1 is 0.968 bits per heavy atom. The van der Waals surface area contributed by atoms with Gasteiger partial charge in [0.05, 0.1) is 11.4 Å². The second-order valence-corrected chi connectivity index (χ2v) is 8.29. The molecule has 0 atom stereocenters. The molecule has 2 heterocycles. The number of hydrogen-bond acceptors (Lipinski definition) is 4. The summed E-state index contributed by atoms with van der Waals surface area (Å²) in [5.41, 5.74) is 4.23. The van der Waals surface area contributed by atoms with E-state index in [1.807, 2.05) is 73.7 Å². The SMILES string of the molecule is Cc1ccc(-n2c(SCC(=O)c3ccccc3)nc3c([nH]c4ccccc43)c2=O)cc1. The van der Waals surface area contributed by atoms with Gasteiger partial charge in [0, 0.05) is 16.5 Å². The van der Waals surface area contributed by atoms with Crippen LogP contribution < -0.4 is 5.56 Å². The highest BCUT2D eigenvalue weighted by molar-refractivity contribution is 7.99. The van der Waals surface area contributed by atoms with Crippen LogP contribution in [0, 0.1) is 6.92 Å². The Balaban J connectivity index is 1.66. The van der Waals surface area contributed by atoms with Gasteiger partial charge in [-0.15, -0.1) is 0 Å². The highest BCUT2D eigenvalue weighted by Gasteiger charge is 2.18. The number of nitrogens with zero attached hydrogens (tertiary/aromatic N) is 2. The van der Waals surface area contributed by atoms with E-state index in [1.54, 1.807) is 16.7 Å². The van der Waals surface area contributed by atoms with Crippen molar-refractivity contribution in [1.82, 2.24) is 14.5 Å². The summed E-state index contributed by atoms with van der Waals surface area (Å²) in [6, 6.07) is 24.6. The minimum Gasteiger partial charge on any atom is -0.349 e. The van der Waals surface area contributed by atoms with Gasteiger partial charge in [0.2, 0.25) is 0 Å². The van der Waals surface area contributed by atoms with Crippen LogP contribution in [0.5, 0.6) is 0 Å². The van der Waals surface area contributed by atoms with Crippen molar-refractivity contribution in [2.75, 3.05) is 5.75 Å². The molecule has 5 rings (SSSR count). The first-order valence-corrected chi connectivity index (χ1v) is 10.9. The van der Waals surface area contributed by atoms with Crippen LogP contribution in [0.2, 0.25) is 0 Å². The fourth-order valence-corrected chi connectivity index (χ4v) is 4.50. The maximum absolute atomic E-state index is 13.5. The summed E-state index contributed by atoms with van der Waals surface area (Å²) in [4.78, 5) is 34.2. The van der Waals surface area contributed by atoms with Crippen LogP contribution in [-0.4, -0.2) is 26.1 Å². The van der Waals surface area contributed by atoms with E-state index in [0.29, 0.717) is 21.8 Å². The minimum atomic E-state index is -0.181. The number of aryl methyl sites for hydroxylation is 1. The third kappa shape index (κ3) is 3.55. The second-order valence-electron chi connectivity index (χ2n) is 7.34. The molecule has 0 unspecified atom stereocenters. The Bertz CT molecular complexity index is 1470. The molecule has 152 valence electrons. The first-order valence-electron chi connectivity index (χ1n) is 9.93. The van der Waals surface area contributed by atoms with Gasteiger partial charge in [0.1, 0.15) is 11.0 Å². The van der Waals surface area contributed by atoms with E-state index in [0.717, 1.165) is 22.2 Å². The fraction of sp³-hybridized carbons (Fsp3) is 0.0800. The van der Waals surface area contributed by atoms with Crippen molar-refractivity contribution in [2.24, 2.45) is 0 Å². The van der Waals surface area contributed by atoms with E-state index in [2.05, 4.69) is 4.98 Å². The zero-order chi connectivity index (χ0) is 21.4. The van der Waals surface area contributed by atoms with Crippen LogP contribution in [0.25, 0.3) is 27.6 Å². The lowest BCUT2D eigenvalue weighted by Gasteiger charge is -2.12. The molecule has 5 nitrogen and oxygen atoms in total. The maximum atomic E-state index is 13.5. The van der Waals surface area contributed by atoms with Gasteiger partial charge in [-0.2, -0.15) is 0 Å². The van der Waals surface area contributed by atoms with Gasteiger partial charge in [-0.25, -0.2) is 4.98 Å². The number of nitrogens with one attached hydrogen (secondary N) is 1. The first kappa shape index (κ1) is 19.3. The molecular formula is C25H19N3O2S. The highest BCUT2D eigenvalue weighted by atomic mass is 32.2. The van der Waals surface area contributed by atoms with Crippen LogP contribution in [0.1, 0.15) is 15.9 Å².